The zero-order valence-corrected chi connectivity index (χ0v) is 10.7. The maximum Gasteiger partial charge on any atom is 0.276 e. The molecule has 0 aromatic carbocycles. The first-order valence-electron chi connectivity index (χ1n) is 6.10. The molecule has 1 aromatic heterocycles. The highest BCUT2D eigenvalue weighted by Gasteiger charge is 2.33. The number of hydrogen-bond acceptors (Lipinski definition) is 3. The fourth-order valence-electron chi connectivity index (χ4n) is 2.55. The van der Waals surface area contributed by atoms with Gasteiger partial charge in [0.15, 0.2) is 5.69 Å². The van der Waals surface area contributed by atoms with E-state index in [1.165, 1.54) is 0 Å². The van der Waals surface area contributed by atoms with Gasteiger partial charge in [-0.25, -0.2) is 0 Å². The summed E-state index contributed by atoms with van der Waals surface area (Å²) in [5, 5.41) is 4.15. The fraction of sp³-hybridized carbons (Fsp3) is 0.667. The Balaban J connectivity index is 2.22. The molecule has 1 atom stereocenters. The van der Waals surface area contributed by atoms with Crippen LogP contribution in [0.1, 0.15) is 37.2 Å². The van der Waals surface area contributed by atoms with Crippen LogP contribution in [0.5, 0.6) is 0 Å². The molecule has 17 heavy (non-hydrogen) atoms. The van der Waals surface area contributed by atoms with Crippen LogP contribution in [0.3, 0.4) is 0 Å². The summed E-state index contributed by atoms with van der Waals surface area (Å²) in [6.07, 6.45) is 3.82. The molecule has 1 amide bonds. The molecule has 1 aromatic rings. The van der Waals surface area contributed by atoms with Gasteiger partial charge in [-0.1, -0.05) is 13.8 Å². The zero-order chi connectivity index (χ0) is 12.6. The van der Waals surface area contributed by atoms with Gasteiger partial charge >= 0.3 is 0 Å². The molecule has 1 aliphatic rings. The molecular weight excluding hydrogens is 216 g/mol. The van der Waals surface area contributed by atoms with Crippen molar-refractivity contribution in [1.29, 1.82) is 0 Å². The van der Waals surface area contributed by atoms with Gasteiger partial charge in [-0.3, -0.25) is 9.48 Å². The monoisotopic (exact) mass is 236 g/mol. The van der Waals surface area contributed by atoms with Crippen LogP contribution in [-0.2, 0) is 7.05 Å². The van der Waals surface area contributed by atoms with Gasteiger partial charge in [0.05, 0.1) is 5.69 Å². The maximum atomic E-state index is 12.4. The van der Waals surface area contributed by atoms with E-state index in [2.05, 4.69) is 18.9 Å². The Bertz CT molecular complexity index is 424. The number of nitrogens with two attached hydrogens (primary N) is 1. The van der Waals surface area contributed by atoms with Gasteiger partial charge in [-0.15, -0.1) is 0 Å². The average Bonchev–Trinajstić information content (AvgIpc) is 2.83. The summed E-state index contributed by atoms with van der Waals surface area (Å²) in [6, 6.07) is 0.323. The molecule has 2 N–H and O–H groups in total. The van der Waals surface area contributed by atoms with Crippen molar-refractivity contribution in [2.24, 2.45) is 13.0 Å². The van der Waals surface area contributed by atoms with E-state index in [0.29, 0.717) is 23.3 Å². The van der Waals surface area contributed by atoms with Crippen molar-refractivity contribution in [1.82, 2.24) is 14.7 Å². The lowest BCUT2D eigenvalue weighted by molar-refractivity contribution is 0.0696. The molecule has 2 heterocycles. The number of nitrogens with zero attached hydrogens (tertiary/aromatic N) is 3. The molecule has 5 nitrogen and oxygen atoms in total. The summed E-state index contributed by atoms with van der Waals surface area (Å²) in [5.74, 6) is 0.450. The summed E-state index contributed by atoms with van der Waals surface area (Å²) in [7, 11) is 1.77. The minimum atomic E-state index is -0.0284. The third kappa shape index (κ3) is 2.14. The average molecular weight is 236 g/mol. The number of hydrogen-bond donors (Lipinski definition) is 1. The number of amides is 1. The molecule has 1 saturated heterocycles. The second-order valence-corrected chi connectivity index (χ2v) is 5.06. The molecular formula is C12H20N4O. The van der Waals surface area contributed by atoms with Gasteiger partial charge < -0.3 is 10.6 Å². The highest BCUT2D eigenvalue weighted by atomic mass is 16.2. The van der Waals surface area contributed by atoms with Gasteiger partial charge in [-0.05, 0) is 18.8 Å². The highest BCUT2D eigenvalue weighted by Crippen LogP contribution is 2.26. The smallest absolute Gasteiger partial charge is 0.276 e. The van der Waals surface area contributed by atoms with E-state index in [0.717, 1.165) is 19.4 Å². The quantitative estimate of drug-likeness (QED) is 0.840. The van der Waals surface area contributed by atoms with Crippen molar-refractivity contribution in [3.05, 3.63) is 11.9 Å². The predicted molar refractivity (Wildman–Crippen MR) is 66.5 cm³/mol. The lowest BCUT2D eigenvalue weighted by Crippen LogP contribution is -2.39. The SMILES string of the molecule is CC(C)C1CCCN1C(=O)c1nn(C)cc1N. The molecule has 2 rings (SSSR count). The maximum absolute atomic E-state index is 12.4. The van der Waals surface area contributed by atoms with E-state index < -0.39 is 0 Å². The van der Waals surface area contributed by atoms with Gasteiger partial charge in [-0.2, -0.15) is 5.10 Å². The standard InChI is InChI=1S/C12H20N4O/c1-8(2)10-5-4-6-16(10)12(17)11-9(13)7-15(3)14-11/h7-8,10H,4-6,13H2,1-3H3. The van der Waals surface area contributed by atoms with Crippen LogP contribution in [0, 0.1) is 5.92 Å². The molecule has 0 aliphatic carbocycles. The lowest BCUT2D eigenvalue weighted by atomic mass is 10.0. The van der Waals surface area contributed by atoms with Gasteiger partial charge in [0.1, 0.15) is 0 Å². The Labute approximate surface area is 102 Å². The van der Waals surface area contributed by atoms with E-state index in [4.69, 9.17) is 5.73 Å². The molecule has 0 spiro atoms. The van der Waals surface area contributed by atoms with Crippen LogP contribution in [0.15, 0.2) is 6.20 Å². The van der Waals surface area contributed by atoms with Crippen LogP contribution in [0.25, 0.3) is 0 Å². The first-order chi connectivity index (χ1) is 8.00. The molecule has 0 saturated carbocycles. The third-order valence-electron chi connectivity index (χ3n) is 3.39. The molecule has 1 fully saturated rings. The highest BCUT2D eigenvalue weighted by molar-refractivity contribution is 5.97. The Morgan fingerprint density at radius 1 is 1.59 bits per heavy atom. The van der Waals surface area contributed by atoms with Gasteiger partial charge in [0.2, 0.25) is 0 Å². The number of anilines is 1. The molecule has 1 aliphatic heterocycles. The van der Waals surface area contributed by atoms with Crippen LogP contribution < -0.4 is 5.73 Å². The summed E-state index contributed by atoms with van der Waals surface area (Å²) < 4.78 is 1.59. The van der Waals surface area contributed by atoms with Crippen molar-refractivity contribution in [3.8, 4) is 0 Å². The number of carbonyl (C=O) groups is 1. The lowest BCUT2D eigenvalue weighted by Gasteiger charge is -2.27. The molecule has 0 bridgehead atoms. The summed E-state index contributed by atoms with van der Waals surface area (Å²) in [5.41, 5.74) is 6.65. The Kier molecular flexibility index (Phi) is 3.09. The van der Waals surface area contributed by atoms with Crippen LogP contribution in [0.2, 0.25) is 0 Å². The summed E-state index contributed by atoms with van der Waals surface area (Å²) >= 11 is 0. The number of aryl methyl sites for hydroxylation is 1. The number of carbonyl (C=O) groups excluding carboxylic acids is 1. The minimum absolute atomic E-state index is 0.0284. The van der Waals surface area contributed by atoms with Crippen LogP contribution >= 0.6 is 0 Å². The van der Waals surface area contributed by atoms with E-state index in [9.17, 15) is 4.79 Å². The number of rotatable bonds is 2. The first-order valence-corrected chi connectivity index (χ1v) is 6.10. The van der Waals surface area contributed by atoms with Gasteiger partial charge in [0.25, 0.3) is 5.91 Å². The van der Waals surface area contributed by atoms with Crippen LogP contribution in [0.4, 0.5) is 5.69 Å². The molecule has 1 unspecified atom stereocenters. The minimum Gasteiger partial charge on any atom is -0.396 e. The predicted octanol–water partition coefficient (Wildman–Crippen LogP) is 1.26. The number of nitrogen functional groups attached to an aromatic ring is 1. The van der Waals surface area contributed by atoms with E-state index >= 15 is 0 Å². The first kappa shape index (κ1) is 12.0. The second-order valence-electron chi connectivity index (χ2n) is 5.06. The van der Waals surface area contributed by atoms with Crippen molar-refractivity contribution in [3.63, 3.8) is 0 Å². The van der Waals surface area contributed by atoms with E-state index in [-0.39, 0.29) is 5.91 Å². The largest absolute Gasteiger partial charge is 0.396 e. The molecule has 94 valence electrons. The Hall–Kier alpha value is -1.52. The summed E-state index contributed by atoms with van der Waals surface area (Å²) in [6.45, 7) is 5.12. The van der Waals surface area contributed by atoms with Crippen molar-refractivity contribution in [2.45, 2.75) is 32.7 Å². The van der Waals surface area contributed by atoms with Crippen molar-refractivity contribution < 1.29 is 4.79 Å². The van der Waals surface area contributed by atoms with E-state index in [1.807, 2.05) is 4.90 Å². The zero-order valence-electron chi connectivity index (χ0n) is 10.7. The Morgan fingerprint density at radius 2 is 2.29 bits per heavy atom. The number of likely N-dealkylation sites (tertiary alicyclic amines) is 1. The molecule has 5 heteroatoms. The van der Waals surface area contributed by atoms with Crippen molar-refractivity contribution >= 4 is 11.6 Å². The third-order valence-corrected chi connectivity index (χ3v) is 3.39. The van der Waals surface area contributed by atoms with Gasteiger partial charge in [0, 0.05) is 25.8 Å². The van der Waals surface area contributed by atoms with Crippen LogP contribution in [-0.4, -0.2) is 33.2 Å². The second kappa shape index (κ2) is 4.39. The fourth-order valence-corrected chi connectivity index (χ4v) is 2.55. The molecule has 0 radical (unpaired) electrons. The van der Waals surface area contributed by atoms with E-state index in [1.54, 1.807) is 17.9 Å². The number of aromatic nitrogens is 2. The van der Waals surface area contributed by atoms with Crippen molar-refractivity contribution in [2.75, 3.05) is 12.3 Å². The Morgan fingerprint density at radius 3 is 2.82 bits per heavy atom. The summed E-state index contributed by atoms with van der Waals surface area (Å²) in [4.78, 5) is 14.3. The normalized spacial score (nSPS) is 20.2. The topological polar surface area (TPSA) is 64.2 Å².